The van der Waals surface area contributed by atoms with E-state index in [2.05, 4.69) is 15.6 Å². The molecule has 4 bridgehead atoms. The molecule has 3 N–H and O–H groups in total. The highest BCUT2D eigenvalue weighted by Gasteiger charge is 2.58. The van der Waals surface area contributed by atoms with E-state index in [0.717, 1.165) is 92.8 Å². The van der Waals surface area contributed by atoms with Crippen molar-refractivity contribution in [3.05, 3.63) is 35.5 Å². The Morgan fingerprint density at radius 1 is 1.03 bits per heavy atom. The van der Waals surface area contributed by atoms with Crippen molar-refractivity contribution in [2.45, 2.75) is 82.5 Å². The smallest absolute Gasteiger partial charge is 0.220 e. The van der Waals surface area contributed by atoms with Crippen LogP contribution in [0.2, 0.25) is 5.02 Å². The third kappa shape index (κ3) is 5.67. The SMILES string of the molecule is O=C(CC1CCC(OOC2(O)C3CC4CC(C3)CC2C4)CC1)NCCCNc1ccnc2cc(Cl)ccc12. The molecule has 38 heavy (non-hydrogen) atoms. The standard InChI is InChI=1S/C30H40ClN3O4/c31-24-4-7-26-27(8-11-33-28(26)18-24)32-9-1-10-34-29(35)17-19-2-5-25(6-3-19)37-38-30(36)22-13-20-12-21(15-22)16-23(30)14-20/h4,7-8,11,18-23,25,36H,1-3,5-6,9-10,12-17H2,(H,32,33)(H,34,35). The summed E-state index contributed by atoms with van der Waals surface area (Å²) in [7, 11) is 0. The summed E-state index contributed by atoms with van der Waals surface area (Å²) in [6, 6.07) is 7.67. The lowest BCUT2D eigenvalue weighted by Gasteiger charge is -2.57. The van der Waals surface area contributed by atoms with Crippen LogP contribution in [0.3, 0.4) is 0 Å². The average molecular weight is 542 g/mol. The van der Waals surface area contributed by atoms with Crippen LogP contribution < -0.4 is 10.6 Å². The number of fused-ring (bicyclic) bond motifs is 1. The Morgan fingerprint density at radius 2 is 1.76 bits per heavy atom. The molecule has 206 valence electrons. The summed E-state index contributed by atoms with van der Waals surface area (Å²) in [5, 5.41) is 19.6. The lowest BCUT2D eigenvalue weighted by atomic mass is 9.53. The van der Waals surface area contributed by atoms with Crippen molar-refractivity contribution in [1.29, 1.82) is 0 Å². The monoisotopic (exact) mass is 541 g/mol. The first-order valence-electron chi connectivity index (χ1n) is 14.6. The van der Waals surface area contributed by atoms with E-state index >= 15 is 0 Å². The molecule has 1 heterocycles. The lowest BCUT2D eigenvalue weighted by Crippen LogP contribution is -2.59. The number of aliphatic hydroxyl groups is 1. The van der Waals surface area contributed by atoms with Crippen LogP contribution in [0.1, 0.15) is 70.6 Å². The number of pyridine rings is 1. The van der Waals surface area contributed by atoms with E-state index in [0.29, 0.717) is 23.9 Å². The summed E-state index contributed by atoms with van der Waals surface area (Å²) in [5.74, 6) is 1.44. The van der Waals surface area contributed by atoms with Gasteiger partial charge in [0, 0.05) is 53.6 Å². The molecule has 0 unspecified atom stereocenters. The molecule has 0 saturated heterocycles. The van der Waals surface area contributed by atoms with E-state index in [1.807, 2.05) is 24.3 Å². The quantitative estimate of drug-likeness (QED) is 0.151. The topological polar surface area (TPSA) is 92.7 Å². The Morgan fingerprint density at radius 3 is 2.50 bits per heavy atom. The van der Waals surface area contributed by atoms with Crippen LogP contribution in [-0.4, -0.2) is 41.0 Å². The van der Waals surface area contributed by atoms with Gasteiger partial charge in [0.1, 0.15) is 0 Å². The van der Waals surface area contributed by atoms with Gasteiger partial charge in [0.05, 0.1) is 11.6 Å². The summed E-state index contributed by atoms with van der Waals surface area (Å²) < 4.78 is 0. The third-order valence-corrected chi connectivity index (χ3v) is 9.82. The summed E-state index contributed by atoms with van der Waals surface area (Å²) in [6.07, 6.45) is 12.5. The summed E-state index contributed by atoms with van der Waals surface area (Å²) in [5.41, 5.74) is 1.89. The molecule has 1 amide bonds. The zero-order valence-corrected chi connectivity index (χ0v) is 22.8. The van der Waals surface area contributed by atoms with Crippen LogP contribution >= 0.6 is 11.6 Å². The highest BCUT2D eigenvalue weighted by molar-refractivity contribution is 6.31. The maximum absolute atomic E-state index is 12.5. The molecule has 0 atom stereocenters. The van der Waals surface area contributed by atoms with Gasteiger partial charge < -0.3 is 15.7 Å². The Hall–Kier alpha value is -1.93. The van der Waals surface area contributed by atoms with Crippen LogP contribution in [0.25, 0.3) is 10.9 Å². The number of benzene rings is 1. The molecule has 7 nitrogen and oxygen atoms in total. The molecule has 1 aromatic carbocycles. The molecule has 8 heteroatoms. The number of carbonyl (C=O) groups excluding carboxylic acids is 1. The predicted molar refractivity (Wildman–Crippen MR) is 147 cm³/mol. The van der Waals surface area contributed by atoms with Crippen molar-refractivity contribution in [3.63, 3.8) is 0 Å². The Labute approximate surface area is 229 Å². The number of nitrogens with one attached hydrogen (secondary N) is 2. The van der Waals surface area contributed by atoms with Gasteiger partial charge in [-0.05, 0) is 106 Å². The number of aromatic nitrogens is 1. The molecular weight excluding hydrogens is 502 g/mol. The first kappa shape index (κ1) is 26.3. The second-order valence-corrected chi connectivity index (χ2v) is 12.7. The minimum Gasteiger partial charge on any atom is -0.384 e. The number of nitrogens with zero attached hydrogens (tertiary/aromatic N) is 1. The largest absolute Gasteiger partial charge is 0.384 e. The number of rotatable bonds is 10. The normalized spacial score (nSPS) is 33.9. The number of carbonyl (C=O) groups is 1. The van der Waals surface area contributed by atoms with Gasteiger partial charge in [-0.15, -0.1) is 0 Å². The van der Waals surface area contributed by atoms with E-state index in [-0.39, 0.29) is 23.8 Å². The summed E-state index contributed by atoms with van der Waals surface area (Å²) in [6.45, 7) is 1.41. The molecule has 5 aliphatic rings. The van der Waals surface area contributed by atoms with Crippen molar-refractivity contribution in [1.82, 2.24) is 10.3 Å². The molecule has 5 saturated carbocycles. The fourth-order valence-corrected chi connectivity index (χ4v) is 7.89. The van der Waals surface area contributed by atoms with Crippen molar-refractivity contribution < 1.29 is 19.7 Å². The molecule has 2 aromatic rings. The number of amides is 1. The van der Waals surface area contributed by atoms with Crippen LogP contribution in [0.5, 0.6) is 0 Å². The van der Waals surface area contributed by atoms with Gasteiger partial charge in [-0.3, -0.25) is 9.78 Å². The first-order valence-corrected chi connectivity index (χ1v) is 15.0. The Bertz CT molecular complexity index is 1110. The Balaban J connectivity index is 0.865. The summed E-state index contributed by atoms with van der Waals surface area (Å²) >= 11 is 6.07. The van der Waals surface area contributed by atoms with E-state index < -0.39 is 5.79 Å². The molecule has 0 radical (unpaired) electrons. The zero-order chi connectivity index (χ0) is 26.1. The van der Waals surface area contributed by atoms with Crippen molar-refractivity contribution in [3.8, 4) is 0 Å². The fraction of sp³-hybridized carbons (Fsp3) is 0.667. The molecule has 5 aliphatic carbocycles. The highest BCUT2D eigenvalue weighted by Crippen LogP contribution is 2.58. The van der Waals surface area contributed by atoms with E-state index in [1.165, 1.54) is 6.42 Å². The maximum Gasteiger partial charge on any atom is 0.220 e. The Kier molecular flexibility index (Phi) is 7.81. The van der Waals surface area contributed by atoms with Crippen LogP contribution in [0.4, 0.5) is 5.69 Å². The predicted octanol–water partition coefficient (Wildman–Crippen LogP) is 5.85. The van der Waals surface area contributed by atoms with Gasteiger partial charge in [0.15, 0.2) is 0 Å². The highest BCUT2D eigenvalue weighted by atomic mass is 35.5. The van der Waals surface area contributed by atoms with E-state index in [9.17, 15) is 9.90 Å². The number of hydrogen-bond donors (Lipinski definition) is 3. The fourth-order valence-electron chi connectivity index (χ4n) is 7.72. The van der Waals surface area contributed by atoms with Crippen molar-refractivity contribution in [2.24, 2.45) is 29.6 Å². The van der Waals surface area contributed by atoms with Gasteiger partial charge in [-0.25, -0.2) is 9.78 Å². The second-order valence-electron chi connectivity index (χ2n) is 12.2. The maximum atomic E-state index is 12.5. The van der Waals surface area contributed by atoms with Crippen LogP contribution in [0.15, 0.2) is 30.5 Å². The van der Waals surface area contributed by atoms with E-state index in [1.54, 1.807) is 6.20 Å². The molecule has 1 aromatic heterocycles. The molecule has 5 fully saturated rings. The van der Waals surface area contributed by atoms with Gasteiger partial charge >= 0.3 is 0 Å². The minimum atomic E-state index is -1.09. The van der Waals surface area contributed by atoms with Crippen LogP contribution in [-0.2, 0) is 14.6 Å². The van der Waals surface area contributed by atoms with Crippen LogP contribution in [0, 0.1) is 29.6 Å². The zero-order valence-electron chi connectivity index (χ0n) is 22.0. The van der Waals surface area contributed by atoms with E-state index in [4.69, 9.17) is 21.4 Å². The minimum absolute atomic E-state index is 0.0156. The van der Waals surface area contributed by atoms with Gasteiger partial charge in [-0.2, -0.15) is 0 Å². The molecule has 7 rings (SSSR count). The number of halogens is 1. The van der Waals surface area contributed by atoms with Gasteiger partial charge in [-0.1, -0.05) is 11.6 Å². The molecule has 0 aliphatic heterocycles. The van der Waals surface area contributed by atoms with Gasteiger partial charge in [0.2, 0.25) is 11.7 Å². The molecular formula is C30H40ClN3O4. The number of hydrogen-bond acceptors (Lipinski definition) is 6. The molecule has 0 spiro atoms. The first-order chi connectivity index (χ1) is 18.5. The summed E-state index contributed by atoms with van der Waals surface area (Å²) in [4.78, 5) is 28.6. The van der Waals surface area contributed by atoms with Crippen molar-refractivity contribution >= 4 is 34.1 Å². The average Bonchev–Trinajstić information content (AvgIpc) is 2.90. The third-order valence-electron chi connectivity index (χ3n) is 9.59. The lowest BCUT2D eigenvalue weighted by molar-refractivity contribution is -0.481. The van der Waals surface area contributed by atoms with Gasteiger partial charge in [0.25, 0.3) is 0 Å². The van der Waals surface area contributed by atoms with Crippen molar-refractivity contribution in [2.75, 3.05) is 18.4 Å². The second kappa shape index (κ2) is 11.3. The number of anilines is 1.